The van der Waals surface area contributed by atoms with E-state index in [1.165, 1.54) is 6.08 Å². The summed E-state index contributed by atoms with van der Waals surface area (Å²) in [6.07, 6.45) is 4.81. The van der Waals surface area contributed by atoms with Crippen LogP contribution in [0.3, 0.4) is 0 Å². The van der Waals surface area contributed by atoms with Crippen LogP contribution < -0.4 is 16.8 Å². The molecule has 174 valence electrons. The van der Waals surface area contributed by atoms with Crippen molar-refractivity contribution in [3.63, 3.8) is 0 Å². The molecular weight excluding hydrogens is 412 g/mol. The van der Waals surface area contributed by atoms with Gasteiger partial charge in [0.1, 0.15) is 11.5 Å². The Morgan fingerprint density at radius 1 is 0.909 bits per heavy atom. The zero-order chi connectivity index (χ0) is 24.3. The maximum absolute atomic E-state index is 13.0. The second kappa shape index (κ2) is 9.94. The number of anilines is 3. The van der Waals surface area contributed by atoms with E-state index in [-0.39, 0.29) is 11.5 Å². The van der Waals surface area contributed by atoms with E-state index in [9.17, 15) is 9.90 Å². The number of ketones is 1. The lowest BCUT2D eigenvalue weighted by molar-refractivity contribution is -0.111. The van der Waals surface area contributed by atoms with Crippen LogP contribution in [0.5, 0.6) is 0 Å². The first-order valence-electron chi connectivity index (χ1n) is 11.4. The average Bonchev–Trinajstić information content (AvgIpc) is 2.78. The van der Waals surface area contributed by atoms with Gasteiger partial charge in [-0.25, -0.2) is 4.99 Å². The van der Waals surface area contributed by atoms with Crippen LogP contribution in [-0.2, 0) is 4.79 Å². The molecule has 0 bridgehead atoms. The highest BCUT2D eigenvalue weighted by molar-refractivity contribution is 6.25. The number of benzene rings is 2. The number of allylic oxidation sites excluding steroid dienone is 2. The molecule has 0 fully saturated rings. The number of carbonyl (C=O) groups excluding carboxylic acids is 1. The van der Waals surface area contributed by atoms with E-state index in [1.807, 2.05) is 52.0 Å². The van der Waals surface area contributed by atoms with Crippen LogP contribution in [0.2, 0.25) is 0 Å². The van der Waals surface area contributed by atoms with Crippen molar-refractivity contribution in [1.82, 2.24) is 0 Å². The van der Waals surface area contributed by atoms with E-state index in [2.05, 4.69) is 12.2 Å². The van der Waals surface area contributed by atoms with Gasteiger partial charge in [-0.15, -0.1) is 0 Å². The molecule has 0 aliphatic heterocycles. The number of unbranched alkanes of at least 4 members (excludes halogenated alkanes) is 2. The van der Waals surface area contributed by atoms with Gasteiger partial charge in [-0.2, -0.15) is 0 Å². The Kier molecular flexibility index (Phi) is 7.26. The van der Waals surface area contributed by atoms with Gasteiger partial charge in [0.2, 0.25) is 5.78 Å². The van der Waals surface area contributed by atoms with Crippen molar-refractivity contribution in [2.75, 3.05) is 16.8 Å². The molecule has 1 aliphatic rings. The summed E-state index contributed by atoms with van der Waals surface area (Å²) >= 11 is 0. The second-order valence-electron chi connectivity index (χ2n) is 8.67. The maximum atomic E-state index is 13.0. The molecule has 2 aromatic rings. The van der Waals surface area contributed by atoms with Crippen molar-refractivity contribution in [3.05, 3.63) is 69.6 Å². The lowest BCUT2D eigenvalue weighted by Crippen LogP contribution is -2.24. The third-order valence-corrected chi connectivity index (χ3v) is 6.50. The van der Waals surface area contributed by atoms with E-state index < -0.39 is 0 Å². The Bertz CT molecular complexity index is 1190. The number of nitrogens with zero attached hydrogens (tertiary/aromatic N) is 1. The predicted molar refractivity (Wildman–Crippen MR) is 138 cm³/mol. The SMILES string of the molecule is CCCCCC1=C(Nc2ccc(N)c(C)c2C)C(=O)C=C(O)/C1=N/c1ccc(N)c(C)c1C. The lowest BCUT2D eigenvalue weighted by Gasteiger charge is -2.23. The number of hydrogen-bond acceptors (Lipinski definition) is 6. The zero-order valence-corrected chi connectivity index (χ0v) is 20.2. The normalized spacial score (nSPS) is 15.2. The number of nitrogen functional groups attached to an aromatic ring is 2. The van der Waals surface area contributed by atoms with Crippen molar-refractivity contribution in [1.29, 1.82) is 0 Å². The summed E-state index contributed by atoms with van der Waals surface area (Å²) in [4.78, 5) is 17.8. The summed E-state index contributed by atoms with van der Waals surface area (Å²) in [6, 6.07) is 7.37. The van der Waals surface area contributed by atoms with Crippen LogP contribution in [0.4, 0.5) is 22.7 Å². The molecule has 6 nitrogen and oxygen atoms in total. The fourth-order valence-corrected chi connectivity index (χ4v) is 3.92. The van der Waals surface area contributed by atoms with Gasteiger partial charge in [0, 0.05) is 28.7 Å². The standard InChI is InChI=1S/C27H34N4O2/c1-6-7-8-9-19-26(30-22-12-10-20(28)15(2)17(22)4)24(32)14-25(33)27(19)31-23-13-11-21(29)16(3)18(23)5/h10-14,30,33H,6-9,28-29H2,1-5H3/b31-27+. The molecule has 0 saturated carbocycles. The summed E-state index contributed by atoms with van der Waals surface area (Å²) in [5, 5.41) is 14.1. The maximum Gasteiger partial charge on any atom is 0.206 e. The zero-order valence-electron chi connectivity index (χ0n) is 20.2. The van der Waals surface area contributed by atoms with E-state index >= 15 is 0 Å². The molecule has 2 aromatic carbocycles. The van der Waals surface area contributed by atoms with Crippen molar-refractivity contribution in [3.8, 4) is 0 Å². The largest absolute Gasteiger partial charge is 0.506 e. The summed E-state index contributed by atoms with van der Waals surface area (Å²) in [5.41, 5.74) is 20.5. The van der Waals surface area contributed by atoms with E-state index in [0.29, 0.717) is 29.2 Å². The van der Waals surface area contributed by atoms with Crippen LogP contribution in [-0.4, -0.2) is 16.6 Å². The number of carbonyl (C=O) groups is 1. The monoisotopic (exact) mass is 446 g/mol. The van der Waals surface area contributed by atoms with Gasteiger partial charge in [0.25, 0.3) is 0 Å². The average molecular weight is 447 g/mol. The molecule has 0 atom stereocenters. The van der Waals surface area contributed by atoms with Crippen molar-refractivity contribution < 1.29 is 9.90 Å². The summed E-state index contributed by atoms with van der Waals surface area (Å²) < 4.78 is 0. The number of aliphatic hydroxyl groups is 1. The Hall–Kier alpha value is -3.54. The highest BCUT2D eigenvalue weighted by Crippen LogP contribution is 2.32. The summed E-state index contributed by atoms with van der Waals surface area (Å²) in [5.74, 6) is -0.381. The number of aliphatic hydroxyl groups excluding tert-OH is 1. The molecule has 0 spiro atoms. The minimum atomic E-state index is -0.267. The molecule has 0 aromatic heterocycles. The Morgan fingerprint density at radius 3 is 2.21 bits per heavy atom. The molecule has 0 unspecified atom stereocenters. The van der Waals surface area contributed by atoms with Crippen LogP contribution in [0.1, 0.15) is 54.9 Å². The van der Waals surface area contributed by atoms with Crippen LogP contribution in [0.25, 0.3) is 0 Å². The first kappa shape index (κ1) is 24.1. The molecule has 6 N–H and O–H groups in total. The van der Waals surface area contributed by atoms with Gasteiger partial charge in [0.05, 0.1) is 11.4 Å². The molecule has 3 rings (SSSR count). The highest BCUT2D eigenvalue weighted by Gasteiger charge is 2.27. The number of hydrogen-bond donors (Lipinski definition) is 4. The number of nitrogens with one attached hydrogen (secondary N) is 1. The van der Waals surface area contributed by atoms with Crippen molar-refractivity contribution >= 4 is 34.2 Å². The molecule has 1 aliphatic carbocycles. The number of rotatable bonds is 7. The van der Waals surface area contributed by atoms with Gasteiger partial charge >= 0.3 is 0 Å². The van der Waals surface area contributed by atoms with Gasteiger partial charge in [-0.05, 0) is 87.1 Å². The first-order chi connectivity index (χ1) is 15.6. The number of aliphatic imine (C=N–C) groups is 1. The smallest absolute Gasteiger partial charge is 0.206 e. The number of nitrogens with two attached hydrogens (primary N) is 2. The van der Waals surface area contributed by atoms with E-state index in [4.69, 9.17) is 16.5 Å². The second-order valence-corrected chi connectivity index (χ2v) is 8.67. The molecule has 0 radical (unpaired) electrons. The molecule has 0 amide bonds. The molecule has 6 heteroatoms. The Morgan fingerprint density at radius 2 is 1.55 bits per heavy atom. The van der Waals surface area contributed by atoms with E-state index in [1.54, 1.807) is 0 Å². The molecule has 33 heavy (non-hydrogen) atoms. The van der Waals surface area contributed by atoms with Crippen LogP contribution >= 0.6 is 0 Å². The van der Waals surface area contributed by atoms with Gasteiger partial charge < -0.3 is 21.9 Å². The minimum Gasteiger partial charge on any atom is -0.506 e. The third-order valence-electron chi connectivity index (χ3n) is 6.50. The first-order valence-corrected chi connectivity index (χ1v) is 11.4. The fraction of sp³-hybridized carbons (Fsp3) is 0.333. The van der Waals surface area contributed by atoms with Crippen molar-refractivity contribution in [2.24, 2.45) is 4.99 Å². The van der Waals surface area contributed by atoms with Crippen LogP contribution in [0.15, 0.2) is 52.4 Å². The Labute approximate surface area is 196 Å². The third kappa shape index (κ3) is 4.95. The molecular formula is C27H34N4O2. The summed E-state index contributed by atoms with van der Waals surface area (Å²) in [6.45, 7) is 9.97. The lowest BCUT2D eigenvalue weighted by atomic mass is 9.92. The topological polar surface area (TPSA) is 114 Å². The highest BCUT2D eigenvalue weighted by atomic mass is 16.3. The van der Waals surface area contributed by atoms with Gasteiger partial charge in [-0.1, -0.05) is 19.8 Å². The minimum absolute atomic E-state index is 0.115. The fourth-order valence-electron chi connectivity index (χ4n) is 3.92. The molecule has 0 heterocycles. The molecule has 0 saturated heterocycles. The van der Waals surface area contributed by atoms with Gasteiger partial charge in [0.15, 0.2) is 0 Å². The van der Waals surface area contributed by atoms with E-state index in [0.717, 1.165) is 58.5 Å². The Balaban J connectivity index is 2.16. The van der Waals surface area contributed by atoms with Gasteiger partial charge in [-0.3, -0.25) is 4.79 Å². The predicted octanol–water partition coefficient (Wildman–Crippen LogP) is 6.13. The summed E-state index contributed by atoms with van der Waals surface area (Å²) in [7, 11) is 0. The van der Waals surface area contributed by atoms with Crippen LogP contribution in [0, 0.1) is 27.7 Å². The van der Waals surface area contributed by atoms with Crippen molar-refractivity contribution in [2.45, 2.75) is 60.3 Å². The quantitative estimate of drug-likeness (QED) is 0.232.